The minimum atomic E-state index is -0.286. The van der Waals surface area contributed by atoms with Crippen molar-refractivity contribution in [1.82, 2.24) is 15.1 Å². The fraction of sp³-hybridized carbons (Fsp3) is 0.438. The van der Waals surface area contributed by atoms with Crippen LogP contribution in [0.1, 0.15) is 25.8 Å². The number of carbonyl (C=O) groups excluding carboxylic acids is 1. The lowest BCUT2D eigenvalue weighted by Crippen LogP contribution is -2.31. The SMILES string of the molecule is CCCNc1nnc(SCC(=O)N(CC)Cc2cccc(F)c2)s1. The molecule has 0 saturated carbocycles. The third-order valence-corrected chi connectivity index (χ3v) is 5.25. The molecule has 0 aliphatic heterocycles. The lowest BCUT2D eigenvalue weighted by molar-refractivity contribution is -0.128. The Kier molecular flexibility index (Phi) is 7.45. The fourth-order valence-electron chi connectivity index (χ4n) is 2.02. The number of carbonyl (C=O) groups is 1. The smallest absolute Gasteiger partial charge is 0.233 e. The number of benzene rings is 1. The van der Waals surface area contributed by atoms with Crippen LogP contribution < -0.4 is 5.32 Å². The molecule has 5 nitrogen and oxygen atoms in total. The molecule has 0 spiro atoms. The topological polar surface area (TPSA) is 58.1 Å². The van der Waals surface area contributed by atoms with Gasteiger partial charge >= 0.3 is 0 Å². The Morgan fingerprint density at radius 1 is 1.38 bits per heavy atom. The third kappa shape index (κ3) is 5.76. The summed E-state index contributed by atoms with van der Waals surface area (Å²) >= 11 is 2.83. The molecule has 8 heteroatoms. The second kappa shape index (κ2) is 9.58. The van der Waals surface area contributed by atoms with E-state index in [1.54, 1.807) is 11.0 Å². The summed E-state index contributed by atoms with van der Waals surface area (Å²) in [6.45, 7) is 5.85. The van der Waals surface area contributed by atoms with E-state index in [0.29, 0.717) is 18.8 Å². The van der Waals surface area contributed by atoms with Crippen LogP contribution in [-0.4, -0.2) is 39.8 Å². The van der Waals surface area contributed by atoms with E-state index in [1.165, 1.54) is 35.2 Å². The average molecular weight is 369 g/mol. The molecule has 0 fully saturated rings. The molecule has 1 aromatic heterocycles. The number of amides is 1. The number of hydrogen-bond acceptors (Lipinski definition) is 6. The first kappa shape index (κ1) is 18.7. The van der Waals surface area contributed by atoms with Crippen molar-refractivity contribution in [2.45, 2.75) is 31.2 Å². The van der Waals surface area contributed by atoms with Crippen molar-refractivity contribution < 1.29 is 9.18 Å². The van der Waals surface area contributed by atoms with Gasteiger partial charge in [-0.3, -0.25) is 4.79 Å². The molecule has 1 aromatic carbocycles. The van der Waals surface area contributed by atoms with Crippen LogP contribution in [-0.2, 0) is 11.3 Å². The van der Waals surface area contributed by atoms with Crippen molar-refractivity contribution in [1.29, 1.82) is 0 Å². The van der Waals surface area contributed by atoms with Gasteiger partial charge in [0, 0.05) is 19.6 Å². The Bertz CT molecular complexity index is 665. The Labute approximate surface area is 149 Å². The number of halogens is 1. The highest BCUT2D eigenvalue weighted by atomic mass is 32.2. The van der Waals surface area contributed by atoms with Crippen molar-refractivity contribution in [2.24, 2.45) is 0 Å². The zero-order chi connectivity index (χ0) is 17.4. The van der Waals surface area contributed by atoms with E-state index in [1.807, 2.05) is 13.0 Å². The molecule has 0 unspecified atom stereocenters. The van der Waals surface area contributed by atoms with Crippen LogP contribution in [0, 0.1) is 5.82 Å². The van der Waals surface area contributed by atoms with Crippen LogP contribution >= 0.6 is 23.1 Å². The Morgan fingerprint density at radius 3 is 2.92 bits per heavy atom. The first-order valence-electron chi connectivity index (χ1n) is 7.84. The molecule has 0 bridgehead atoms. The Morgan fingerprint density at radius 2 is 2.21 bits per heavy atom. The molecule has 1 amide bonds. The molecule has 24 heavy (non-hydrogen) atoms. The number of thioether (sulfide) groups is 1. The Hall–Kier alpha value is -1.67. The summed E-state index contributed by atoms with van der Waals surface area (Å²) in [6, 6.07) is 6.34. The minimum Gasteiger partial charge on any atom is -0.360 e. The van der Waals surface area contributed by atoms with Gasteiger partial charge in [0.1, 0.15) is 5.82 Å². The number of anilines is 1. The predicted molar refractivity (Wildman–Crippen MR) is 96.9 cm³/mol. The van der Waals surface area contributed by atoms with Gasteiger partial charge in [-0.1, -0.05) is 42.2 Å². The number of nitrogens with zero attached hydrogens (tertiary/aromatic N) is 3. The molecule has 2 aromatic rings. The van der Waals surface area contributed by atoms with E-state index < -0.39 is 0 Å². The average Bonchev–Trinajstić information content (AvgIpc) is 3.03. The van der Waals surface area contributed by atoms with Crippen LogP contribution in [0.3, 0.4) is 0 Å². The molecule has 0 saturated heterocycles. The number of nitrogens with one attached hydrogen (secondary N) is 1. The summed E-state index contributed by atoms with van der Waals surface area (Å²) in [7, 11) is 0. The maximum absolute atomic E-state index is 13.3. The van der Waals surface area contributed by atoms with Crippen molar-refractivity contribution in [3.05, 3.63) is 35.6 Å². The summed E-state index contributed by atoms with van der Waals surface area (Å²) in [4.78, 5) is 14.1. The lowest BCUT2D eigenvalue weighted by Gasteiger charge is -2.20. The quantitative estimate of drug-likeness (QED) is 0.685. The fourth-order valence-corrected chi connectivity index (χ4v) is 3.70. The molecule has 1 heterocycles. The second-order valence-corrected chi connectivity index (χ2v) is 7.33. The van der Waals surface area contributed by atoms with Crippen LogP contribution in [0.5, 0.6) is 0 Å². The standard InChI is InChI=1S/C16H21FN4OS2/c1-3-8-18-15-19-20-16(24-15)23-11-14(22)21(4-2)10-12-6-5-7-13(17)9-12/h5-7,9H,3-4,8,10-11H2,1-2H3,(H,18,19). The van der Waals surface area contributed by atoms with Gasteiger partial charge in [-0.25, -0.2) is 4.39 Å². The van der Waals surface area contributed by atoms with E-state index >= 15 is 0 Å². The van der Waals surface area contributed by atoms with Gasteiger partial charge in [-0.2, -0.15) is 0 Å². The largest absolute Gasteiger partial charge is 0.360 e. The molecule has 1 N–H and O–H groups in total. The predicted octanol–water partition coefficient (Wildman–Crippen LogP) is 3.64. The molecule has 0 atom stereocenters. The van der Waals surface area contributed by atoms with Gasteiger partial charge in [0.15, 0.2) is 4.34 Å². The maximum Gasteiger partial charge on any atom is 0.233 e. The van der Waals surface area contributed by atoms with Gasteiger partial charge in [-0.15, -0.1) is 10.2 Å². The monoisotopic (exact) mass is 368 g/mol. The molecule has 0 aliphatic carbocycles. The van der Waals surface area contributed by atoms with Gasteiger partial charge in [0.05, 0.1) is 5.75 Å². The first-order chi connectivity index (χ1) is 11.6. The molecule has 0 aliphatic rings. The van der Waals surface area contributed by atoms with Crippen LogP contribution in [0.2, 0.25) is 0 Å². The van der Waals surface area contributed by atoms with Crippen molar-refractivity contribution in [3.63, 3.8) is 0 Å². The van der Waals surface area contributed by atoms with Crippen LogP contribution in [0.25, 0.3) is 0 Å². The summed E-state index contributed by atoms with van der Waals surface area (Å²) in [5, 5.41) is 12.1. The van der Waals surface area contributed by atoms with E-state index in [-0.39, 0.29) is 11.7 Å². The van der Waals surface area contributed by atoms with Gasteiger partial charge in [0.25, 0.3) is 0 Å². The molecule has 0 radical (unpaired) electrons. The van der Waals surface area contributed by atoms with E-state index in [4.69, 9.17) is 0 Å². The second-order valence-electron chi connectivity index (χ2n) is 5.13. The zero-order valence-electron chi connectivity index (χ0n) is 13.8. The highest BCUT2D eigenvalue weighted by Crippen LogP contribution is 2.25. The van der Waals surface area contributed by atoms with E-state index in [9.17, 15) is 9.18 Å². The Balaban J connectivity index is 1.86. The molecule has 130 valence electrons. The molecule has 2 rings (SSSR count). The third-order valence-electron chi connectivity index (χ3n) is 3.25. The zero-order valence-corrected chi connectivity index (χ0v) is 15.4. The summed E-state index contributed by atoms with van der Waals surface area (Å²) in [6.07, 6.45) is 1.02. The van der Waals surface area contributed by atoms with Crippen LogP contribution in [0.4, 0.5) is 9.52 Å². The van der Waals surface area contributed by atoms with Crippen molar-refractivity contribution >= 4 is 34.1 Å². The summed E-state index contributed by atoms with van der Waals surface area (Å²) < 4.78 is 14.0. The summed E-state index contributed by atoms with van der Waals surface area (Å²) in [5.41, 5.74) is 0.789. The lowest BCUT2D eigenvalue weighted by atomic mass is 10.2. The molecular formula is C16H21FN4OS2. The molecular weight excluding hydrogens is 347 g/mol. The van der Waals surface area contributed by atoms with Crippen LogP contribution in [0.15, 0.2) is 28.6 Å². The first-order valence-corrected chi connectivity index (χ1v) is 9.65. The number of aromatic nitrogens is 2. The maximum atomic E-state index is 13.3. The number of rotatable bonds is 9. The van der Waals surface area contributed by atoms with E-state index in [2.05, 4.69) is 22.4 Å². The minimum absolute atomic E-state index is 0.00466. The van der Waals surface area contributed by atoms with Gasteiger partial charge in [-0.05, 0) is 31.0 Å². The van der Waals surface area contributed by atoms with Crippen molar-refractivity contribution in [3.8, 4) is 0 Å². The van der Waals surface area contributed by atoms with E-state index in [0.717, 1.165) is 28.0 Å². The normalized spacial score (nSPS) is 10.6. The van der Waals surface area contributed by atoms with Gasteiger partial charge < -0.3 is 10.2 Å². The highest BCUT2D eigenvalue weighted by molar-refractivity contribution is 8.01. The summed E-state index contributed by atoms with van der Waals surface area (Å²) in [5.74, 6) is 0.0161. The number of hydrogen-bond donors (Lipinski definition) is 1. The van der Waals surface area contributed by atoms with Gasteiger partial charge in [0.2, 0.25) is 11.0 Å². The van der Waals surface area contributed by atoms with Crippen molar-refractivity contribution in [2.75, 3.05) is 24.2 Å². The highest BCUT2D eigenvalue weighted by Gasteiger charge is 2.14.